The Morgan fingerprint density at radius 3 is 2.75 bits per heavy atom. The van der Waals surface area contributed by atoms with Crippen molar-refractivity contribution in [1.82, 2.24) is 25.3 Å². The number of amides is 1. The molecule has 1 atom stereocenters. The fourth-order valence-corrected chi connectivity index (χ4v) is 4.05. The third-order valence-electron chi connectivity index (χ3n) is 5.50. The maximum Gasteiger partial charge on any atom is 0.225 e. The predicted molar refractivity (Wildman–Crippen MR) is 123 cm³/mol. The number of aryl methyl sites for hydroxylation is 1. The summed E-state index contributed by atoms with van der Waals surface area (Å²) in [7, 11) is 0. The number of rotatable bonds is 6. The number of carbonyl (C=O) groups is 1. The first-order chi connectivity index (χ1) is 13.2. The minimum Gasteiger partial charge on any atom is -0.357 e. The minimum absolute atomic E-state index is 0. The molecule has 1 aromatic heterocycles. The fourth-order valence-electron chi connectivity index (χ4n) is 4.05. The van der Waals surface area contributed by atoms with Crippen LogP contribution in [0.4, 0.5) is 0 Å². The molecule has 2 fully saturated rings. The van der Waals surface area contributed by atoms with Crippen molar-refractivity contribution < 1.29 is 4.79 Å². The summed E-state index contributed by atoms with van der Waals surface area (Å²) in [4.78, 5) is 19.5. The van der Waals surface area contributed by atoms with Crippen LogP contribution in [-0.4, -0.2) is 58.8 Å². The van der Waals surface area contributed by atoms with Crippen molar-refractivity contribution >= 4 is 35.8 Å². The molecule has 1 saturated heterocycles. The second-order valence-electron chi connectivity index (χ2n) is 7.79. The van der Waals surface area contributed by atoms with Crippen molar-refractivity contribution in [2.75, 3.05) is 26.2 Å². The van der Waals surface area contributed by atoms with Gasteiger partial charge in [-0.05, 0) is 38.7 Å². The quantitative estimate of drug-likeness (QED) is 0.356. The maximum absolute atomic E-state index is 12.7. The van der Waals surface area contributed by atoms with E-state index in [2.05, 4.69) is 32.5 Å². The highest BCUT2D eigenvalue weighted by Crippen LogP contribution is 2.26. The van der Waals surface area contributed by atoms with E-state index in [9.17, 15) is 4.79 Å². The zero-order valence-corrected chi connectivity index (χ0v) is 19.5. The monoisotopic (exact) mass is 502 g/mol. The van der Waals surface area contributed by atoms with Gasteiger partial charge in [0, 0.05) is 37.8 Å². The summed E-state index contributed by atoms with van der Waals surface area (Å²) < 4.78 is 1.92. The number of nitrogens with zero attached hydrogens (tertiary/aromatic N) is 4. The summed E-state index contributed by atoms with van der Waals surface area (Å²) in [5.74, 6) is 1.46. The number of guanidine groups is 1. The molecule has 1 amide bonds. The molecule has 0 bridgehead atoms. The van der Waals surface area contributed by atoms with Crippen molar-refractivity contribution in [3.8, 4) is 0 Å². The van der Waals surface area contributed by atoms with E-state index in [1.54, 1.807) is 0 Å². The Kier molecular flexibility index (Phi) is 9.53. The van der Waals surface area contributed by atoms with Gasteiger partial charge in [0.2, 0.25) is 5.91 Å². The number of aromatic nitrogens is 2. The van der Waals surface area contributed by atoms with E-state index < -0.39 is 0 Å². The van der Waals surface area contributed by atoms with Gasteiger partial charge in [-0.1, -0.05) is 19.3 Å². The highest BCUT2D eigenvalue weighted by atomic mass is 127. The van der Waals surface area contributed by atoms with Gasteiger partial charge in [0.25, 0.3) is 0 Å². The normalized spacial score (nSPS) is 20.7. The molecule has 1 unspecified atom stereocenters. The molecule has 0 spiro atoms. The van der Waals surface area contributed by atoms with E-state index in [1.807, 2.05) is 24.0 Å². The number of hydrogen-bond acceptors (Lipinski definition) is 3. The lowest BCUT2D eigenvalue weighted by atomic mass is 9.88. The Morgan fingerprint density at radius 1 is 1.29 bits per heavy atom. The third-order valence-corrected chi connectivity index (χ3v) is 5.50. The average Bonchev–Trinajstić information content (AvgIpc) is 3.31. The van der Waals surface area contributed by atoms with Gasteiger partial charge in [-0.2, -0.15) is 5.10 Å². The van der Waals surface area contributed by atoms with Gasteiger partial charge in [0.1, 0.15) is 0 Å². The van der Waals surface area contributed by atoms with E-state index >= 15 is 0 Å². The van der Waals surface area contributed by atoms with E-state index in [1.165, 1.54) is 19.3 Å². The number of nitrogens with one attached hydrogen (secondary N) is 2. The molecular formula is C20H35IN6O. The van der Waals surface area contributed by atoms with Crippen LogP contribution >= 0.6 is 24.0 Å². The number of carbonyl (C=O) groups excluding carboxylic acids is 1. The number of aliphatic imine (C=N–C) groups is 1. The molecule has 2 aliphatic rings. The summed E-state index contributed by atoms with van der Waals surface area (Å²) in [6.45, 7) is 8.02. The SMILES string of the molecule is CCNC(=NCCn1cc(C)cn1)NC1CCN(C(=O)C2CCCCC2)C1.I. The van der Waals surface area contributed by atoms with Gasteiger partial charge in [0.05, 0.1) is 19.3 Å². The summed E-state index contributed by atoms with van der Waals surface area (Å²) in [5.41, 5.74) is 1.16. The maximum atomic E-state index is 12.7. The van der Waals surface area contributed by atoms with Crippen LogP contribution in [0.15, 0.2) is 17.4 Å². The van der Waals surface area contributed by atoms with Crippen molar-refractivity contribution in [3.05, 3.63) is 18.0 Å². The molecule has 1 aromatic rings. The highest BCUT2D eigenvalue weighted by Gasteiger charge is 2.31. The first-order valence-electron chi connectivity index (χ1n) is 10.5. The number of halogens is 1. The first kappa shape index (κ1) is 23.0. The van der Waals surface area contributed by atoms with Crippen molar-refractivity contribution in [1.29, 1.82) is 0 Å². The molecule has 8 heteroatoms. The predicted octanol–water partition coefficient (Wildman–Crippen LogP) is 2.55. The molecule has 0 aromatic carbocycles. The average molecular weight is 502 g/mol. The van der Waals surface area contributed by atoms with E-state index in [0.29, 0.717) is 12.5 Å². The Labute approximate surface area is 185 Å². The van der Waals surface area contributed by atoms with Crippen LogP contribution in [0.5, 0.6) is 0 Å². The second-order valence-corrected chi connectivity index (χ2v) is 7.79. The molecule has 1 aliphatic carbocycles. The zero-order chi connectivity index (χ0) is 19.1. The van der Waals surface area contributed by atoms with Crippen molar-refractivity contribution in [3.63, 3.8) is 0 Å². The van der Waals surface area contributed by atoms with E-state index in [-0.39, 0.29) is 35.9 Å². The first-order valence-corrected chi connectivity index (χ1v) is 10.5. The summed E-state index contributed by atoms with van der Waals surface area (Å²) in [6, 6.07) is 0.280. The molecule has 158 valence electrons. The standard InChI is InChI=1S/C20H34N6O.HI/c1-3-21-20(22-10-12-26-14-16(2)13-23-26)24-18-9-11-25(15-18)19(27)17-7-5-4-6-8-17;/h13-14,17-18H,3-12,15H2,1-2H3,(H2,21,22,24);1H. The molecule has 28 heavy (non-hydrogen) atoms. The Bertz CT molecular complexity index is 640. The lowest BCUT2D eigenvalue weighted by molar-refractivity contribution is -0.135. The van der Waals surface area contributed by atoms with Crippen LogP contribution < -0.4 is 10.6 Å². The van der Waals surface area contributed by atoms with Crippen LogP contribution in [0.3, 0.4) is 0 Å². The Morgan fingerprint density at radius 2 is 2.07 bits per heavy atom. The Hall–Kier alpha value is -1.32. The van der Waals surface area contributed by atoms with Gasteiger partial charge < -0.3 is 15.5 Å². The third kappa shape index (κ3) is 6.63. The van der Waals surface area contributed by atoms with E-state index in [0.717, 1.165) is 57.0 Å². The molecule has 2 N–H and O–H groups in total. The van der Waals surface area contributed by atoms with Gasteiger partial charge in [0.15, 0.2) is 5.96 Å². The summed E-state index contributed by atoms with van der Waals surface area (Å²) in [6.07, 6.45) is 10.7. The largest absolute Gasteiger partial charge is 0.357 e. The van der Waals surface area contributed by atoms with Gasteiger partial charge in [-0.15, -0.1) is 24.0 Å². The van der Waals surface area contributed by atoms with Crippen molar-refractivity contribution in [2.45, 2.75) is 65.0 Å². The van der Waals surface area contributed by atoms with Crippen LogP contribution in [0, 0.1) is 12.8 Å². The minimum atomic E-state index is 0. The van der Waals surface area contributed by atoms with Crippen LogP contribution in [0.2, 0.25) is 0 Å². The molecule has 3 rings (SSSR count). The molecule has 1 aliphatic heterocycles. The lowest BCUT2D eigenvalue weighted by Crippen LogP contribution is -2.45. The molecule has 2 heterocycles. The van der Waals surface area contributed by atoms with Crippen LogP contribution in [0.1, 0.15) is 51.0 Å². The fraction of sp³-hybridized carbons (Fsp3) is 0.750. The molecule has 0 radical (unpaired) electrons. The van der Waals surface area contributed by atoms with Gasteiger partial charge >= 0.3 is 0 Å². The number of hydrogen-bond donors (Lipinski definition) is 2. The second kappa shape index (κ2) is 11.6. The molecular weight excluding hydrogens is 467 g/mol. The van der Waals surface area contributed by atoms with E-state index in [4.69, 9.17) is 0 Å². The topological polar surface area (TPSA) is 74.6 Å². The number of likely N-dealkylation sites (tertiary alicyclic amines) is 1. The zero-order valence-electron chi connectivity index (χ0n) is 17.2. The molecule has 1 saturated carbocycles. The van der Waals surface area contributed by atoms with Gasteiger partial charge in [-0.3, -0.25) is 14.5 Å². The van der Waals surface area contributed by atoms with Crippen LogP contribution in [0.25, 0.3) is 0 Å². The Balaban J connectivity index is 0.00000280. The lowest BCUT2D eigenvalue weighted by Gasteiger charge is -2.26. The summed E-state index contributed by atoms with van der Waals surface area (Å²) in [5, 5.41) is 11.1. The smallest absolute Gasteiger partial charge is 0.225 e. The van der Waals surface area contributed by atoms with Crippen LogP contribution in [-0.2, 0) is 11.3 Å². The van der Waals surface area contributed by atoms with Crippen molar-refractivity contribution in [2.24, 2.45) is 10.9 Å². The molecule has 7 nitrogen and oxygen atoms in total. The highest BCUT2D eigenvalue weighted by molar-refractivity contribution is 14.0. The van der Waals surface area contributed by atoms with Gasteiger partial charge in [-0.25, -0.2) is 0 Å². The summed E-state index contributed by atoms with van der Waals surface area (Å²) >= 11 is 0.